The van der Waals surface area contributed by atoms with Crippen molar-refractivity contribution in [3.63, 3.8) is 0 Å². The summed E-state index contributed by atoms with van der Waals surface area (Å²) in [5.74, 6) is 0. The highest BCUT2D eigenvalue weighted by atomic mass is 32.1. The molecule has 4 aromatic rings. The Labute approximate surface area is 142 Å². The number of hydrogen-bond donors (Lipinski definition) is 0. The van der Waals surface area contributed by atoms with Gasteiger partial charge in [-0.1, -0.05) is 36.4 Å². The number of hydrogen-bond acceptors (Lipinski definition) is 5. The summed E-state index contributed by atoms with van der Waals surface area (Å²) in [6.45, 7) is 0.722. The largest absolute Gasteiger partial charge is 0.267 e. The van der Waals surface area contributed by atoms with E-state index in [1.54, 1.807) is 34.9 Å². The zero-order valence-corrected chi connectivity index (χ0v) is 13.5. The van der Waals surface area contributed by atoms with Crippen LogP contribution < -0.4 is 0 Å². The molecule has 0 N–H and O–H groups in total. The molecule has 4 rings (SSSR count). The summed E-state index contributed by atoms with van der Waals surface area (Å²) >= 11 is 1.66. The minimum Gasteiger partial charge on any atom is -0.267 e. The van der Waals surface area contributed by atoms with Gasteiger partial charge >= 0.3 is 0 Å². The second-order valence-corrected chi connectivity index (χ2v) is 6.13. The molecule has 0 saturated carbocycles. The smallest absolute Gasteiger partial charge is 0.141 e. The summed E-state index contributed by atoms with van der Waals surface area (Å²) in [5, 5.41) is 18.6. The van der Waals surface area contributed by atoms with Crippen molar-refractivity contribution in [3.8, 4) is 10.6 Å². The summed E-state index contributed by atoms with van der Waals surface area (Å²) in [4.78, 5) is 1.12. The van der Waals surface area contributed by atoms with E-state index in [2.05, 4.69) is 33.5 Å². The number of benzene rings is 1. The molecule has 0 aliphatic carbocycles. The van der Waals surface area contributed by atoms with Crippen molar-refractivity contribution in [2.75, 3.05) is 0 Å². The molecule has 0 spiro atoms. The predicted molar refractivity (Wildman–Crippen MR) is 94.1 cm³/mol. The molecule has 3 heterocycles. The Balaban J connectivity index is 1.68. The zero-order valence-electron chi connectivity index (χ0n) is 12.7. The normalized spacial score (nSPS) is 11.3. The molecule has 0 unspecified atom stereocenters. The molecule has 0 aliphatic rings. The van der Waals surface area contributed by atoms with E-state index in [4.69, 9.17) is 5.10 Å². The van der Waals surface area contributed by atoms with Gasteiger partial charge in [-0.2, -0.15) is 10.2 Å². The van der Waals surface area contributed by atoms with E-state index in [-0.39, 0.29) is 0 Å². The minimum absolute atomic E-state index is 0.722. The van der Waals surface area contributed by atoms with Gasteiger partial charge in [-0.15, -0.1) is 21.5 Å². The van der Waals surface area contributed by atoms with Crippen LogP contribution in [0.15, 0.2) is 71.8 Å². The fourth-order valence-electron chi connectivity index (χ4n) is 2.37. The third kappa shape index (κ3) is 3.16. The van der Waals surface area contributed by atoms with Crippen molar-refractivity contribution < 1.29 is 0 Å². The first-order chi connectivity index (χ1) is 11.9. The van der Waals surface area contributed by atoms with E-state index in [0.29, 0.717) is 0 Å². The van der Waals surface area contributed by atoms with Gasteiger partial charge in [-0.25, -0.2) is 4.68 Å². The van der Waals surface area contributed by atoms with Crippen LogP contribution in [-0.4, -0.2) is 30.9 Å². The summed E-state index contributed by atoms with van der Waals surface area (Å²) in [6.07, 6.45) is 6.90. The Morgan fingerprint density at radius 1 is 1.04 bits per heavy atom. The number of nitrogens with zero attached hydrogens (tertiary/aromatic N) is 6. The molecule has 0 aliphatic heterocycles. The van der Waals surface area contributed by atoms with Gasteiger partial charge in [-0.3, -0.25) is 4.68 Å². The Kier molecular flexibility index (Phi) is 3.99. The lowest BCUT2D eigenvalue weighted by molar-refractivity contribution is 0.689. The first kappa shape index (κ1) is 14.5. The average Bonchev–Trinajstić information content (AvgIpc) is 3.35. The van der Waals surface area contributed by atoms with Crippen LogP contribution in [0.3, 0.4) is 0 Å². The van der Waals surface area contributed by atoms with Gasteiger partial charge in [0.05, 0.1) is 17.6 Å². The van der Waals surface area contributed by atoms with E-state index in [0.717, 1.165) is 22.7 Å². The fraction of sp³-hybridized carbons (Fsp3) is 0.0588. The van der Waals surface area contributed by atoms with Gasteiger partial charge in [0.15, 0.2) is 0 Å². The van der Waals surface area contributed by atoms with Crippen LogP contribution in [0, 0.1) is 0 Å². The first-order valence-corrected chi connectivity index (χ1v) is 8.31. The van der Waals surface area contributed by atoms with Crippen molar-refractivity contribution >= 4 is 17.6 Å². The maximum absolute atomic E-state index is 4.74. The van der Waals surface area contributed by atoms with E-state index in [1.807, 2.05) is 40.5 Å². The molecule has 1 aromatic carbocycles. The molecule has 0 bridgehead atoms. The van der Waals surface area contributed by atoms with Gasteiger partial charge in [0.25, 0.3) is 0 Å². The maximum atomic E-state index is 4.74. The van der Waals surface area contributed by atoms with Crippen LogP contribution in [0.5, 0.6) is 0 Å². The lowest BCUT2D eigenvalue weighted by atomic mass is 10.2. The summed E-state index contributed by atoms with van der Waals surface area (Å²) in [5.41, 5.74) is 3.10. The molecular formula is C17H14N6S. The van der Waals surface area contributed by atoms with Crippen molar-refractivity contribution in [3.05, 3.63) is 77.8 Å². The number of thiophene rings is 1. The van der Waals surface area contributed by atoms with Crippen molar-refractivity contribution in [2.24, 2.45) is 5.10 Å². The highest BCUT2D eigenvalue weighted by molar-refractivity contribution is 7.13. The SMILES string of the molecule is C(=N/n1cnnc1)/c1cn(Cc2ccccc2)nc1-c1cccs1. The summed E-state index contributed by atoms with van der Waals surface area (Å²) in [6, 6.07) is 14.4. The van der Waals surface area contributed by atoms with Crippen LogP contribution in [-0.2, 0) is 6.54 Å². The highest BCUT2D eigenvalue weighted by Gasteiger charge is 2.11. The average molecular weight is 334 g/mol. The van der Waals surface area contributed by atoms with E-state index < -0.39 is 0 Å². The van der Waals surface area contributed by atoms with Gasteiger partial charge in [-0.05, 0) is 17.0 Å². The molecule has 3 aromatic heterocycles. The molecule has 0 radical (unpaired) electrons. The lowest BCUT2D eigenvalue weighted by Gasteiger charge is -2.00. The molecule has 0 fully saturated rings. The van der Waals surface area contributed by atoms with Crippen LogP contribution in [0.4, 0.5) is 0 Å². The van der Waals surface area contributed by atoms with Gasteiger partial charge in [0.2, 0.25) is 0 Å². The molecule has 0 amide bonds. The van der Waals surface area contributed by atoms with Crippen LogP contribution in [0.1, 0.15) is 11.1 Å². The quantitative estimate of drug-likeness (QED) is 0.527. The monoisotopic (exact) mass is 334 g/mol. The lowest BCUT2D eigenvalue weighted by Crippen LogP contribution is -1.99. The van der Waals surface area contributed by atoms with E-state index in [1.165, 1.54) is 5.56 Å². The maximum Gasteiger partial charge on any atom is 0.141 e. The third-order valence-corrected chi connectivity index (χ3v) is 4.35. The Hall–Kier alpha value is -3.06. The Morgan fingerprint density at radius 2 is 1.88 bits per heavy atom. The van der Waals surface area contributed by atoms with Crippen molar-refractivity contribution in [1.82, 2.24) is 24.7 Å². The van der Waals surface area contributed by atoms with Gasteiger partial charge in [0, 0.05) is 11.8 Å². The molecule has 24 heavy (non-hydrogen) atoms. The highest BCUT2D eigenvalue weighted by Crippen LogP contribution is 2.26. The Bertz CT molecular complexity index is 923. The third-order valence-electron chi connectivity index (χ3n) is 3.47. The molecule has 0 atom stereocenters. The molecular weight excluding hydrogens is 320 g/mol. The van der Waals surface area contributed by atoms with Crippen LogP contribution >= 0.6 is 11.3 Å². The second-order valence-electron chi connectivity index (χ2n) is 5.18. The van der Waals surface area contributed by atoms with Crippen LogP contribution in [0.2, 0.25) is 0 Å². The van der Waals surface area contributed by atoms with E-state index >= 15 is 0 Å². The second kappa shape index (κ2) is 6.59. The van der Waals surface area contributed by atoms with Crippen molar-refractivity contribution in [1.29, 1.82) is 0 Å². The number of rotatable bonds is 5. The molecule has 6 nitrogen and oxygen atoms in total. The zero-order chi connectivity index (χ0) is 16.2. The molecule has 0 saturated heterocycles. The summed E-state index contributed by atoms with van der Waals surface area (Å²) < 4.78 is 3.50. The predicted octanol–water partition coefficient (Wildman–Crippen LogP) is 3.13. The first-order valence-electron chi connectivity index (χ1n) is 7.43. The number of aromatic nitrogens is 5. The minimum atomic E-state index is 0.722. The van der Waals surface area contributed by atoms with E-state index in [9.17, 15) is 0 Å². The van der Waals surface area contributed by atoms with Crippen molar-refractivity contribution in [2.45, 2.75) is 6.54 Å². The topological polar surface area (TPSA) is 60.9 Å². The van der Waals surface area contributed by atoms with Gasteiger partial charge in [0.1, 0.15) is 18.3 Å². The Morgan fingerprint density at radius 3 is 2.62 bits per heavy atom. The van der Waals surface area contributed by atoms with Gasteiger partial charge < -0.3 is 0 Å². The standard InChI is InChI=1S/C17H14N6S/c1-2-5-14(6-3-1)10-22-11-15(9-20-23-12-18-19-13-23)17(21-22)16-7-4-8-24-16/h1-9,11-13H,10H2/b20-9-. The van der Waals surface area contributed by atoms with Crippen LogP contribution in [0.25, 0.3) is 10.6 Å². The fourth-order valence-corrected chi connectivity index (χ4v) is 3.10. The molecule has 118 valence electrons. The molecule has 7 heteroatoms. The summed E-state index contributed by atoms with van der Waals surface area (Å²) in [7, 11) is 0.